The topological polar surface area (TPSA) is 106 Å². The number of carboxylic acid groups (broad SMARTS) is 1. The van der Waals surface area contributed by atoms with Gasteiger partial charge in [0.05, 0.1) is 5.92 Å². The molecule has 2 rings (SSSR count). The maximum Gasteiger partial charge on any atom is 0.350 e. The van der Waals surface area contributed by atoms with Crippen LogP contribution < -0.4 is 11.0 Å². The Bertz CT molecular complexity index is 762. The Kier molecular flexibility index (Phi) is 5.15. The summed E-state index contributed by atoms with van der Waals surface area (Å²) in [5.74, 6) is -1.81. The van der Waals surface area contributed by atoms with E-state index in [1.807, 2.05) is 13.8 Å². The van der Waals surface area contributed by atoms with Gasteiger partial charge in [0.25, 0.3) is 0 Å². The van der Waals surface area contributed by atoms with Crippen molar-refractivity contribution in [1.29, 1.82) is 0 Å². The molecule has 0 saturated carbocycles. The predicted octanol–water partition coefficient (Wildman–Crippen LogP) is 0.359. The van der Waals surface area contributed by atoms with Crippen molar-refractivity contribution >= 4 is 17.5 Å². The molecule has 2 heterocycles. The van der Waals surface area contributed by atoms with Gasteiger partial charge in [0.1, 0.15) is 6.54 Å². The molecule has 8 nitrogen and oxygen atoms in total. The van der Waals surface area contributed by atoms with Crippen molar-refractivity contribution in [3.8, 4) is 0 Å². The Morgan fingerprint density at radius 1 is 1.35 bits per heavy atom. The van der Waals surface area contributed by atoms with E-state index in [0.717, 1.165) is 4.68 Å². The first-order chi connectivity index (χ1) is 10.9. The van der Waals surface area contributed by atoms with E-state index in [9.17, 15) is 14.4 Å². The summed E-state index contributed by atoms with van der Waals surface area (Å²) in [5, 5.41) is 15.8. The van der Waals surface area contributed by atoms with Gasteiger partial charge < -0.3 is 10.4 Å². The minimum Gasteiger partial charge on any atom is -0.481 e. The highest BCUT2D eigenvalue weighted by molar-refractivity contribution is 5.77. The molecule has 1 unspecified atom stereocenters. The van der Waals surface area contributed by atoms with Gasteiger partial charge in [-0.05, 0) is 24.5 Å². The summed E-state index contributed by atoms with van der Waals surface area (Å²) < 4.78 is 2.40. The van der Waals surface area contributed by atoms with E-state index in [4.69, 9.17) is 5.11 Å². The summed E-state index contributed by atoms with van der Waals surface area (Å²) in [6.07, 6.45) is 2.05. The van der Waals surface area contributed by atoms with Crippen molar-refractivity contribution in [3.63, 3.8) is 0 Å². The first-order valence-electron chi connectivity index (χ1n) is 7.42. The molecule has 0 spiro atoms. The third-order valence-corrected chi connectivity index (χ3v) is 3.43. The minimum atomic E-state index is -0.941. The van der Waals surface area contributed by atoms with Crippen LogP contribution in [0.15, 0.2) is 29.2 Å². The SMILES string of the molecule is CC(C)CC(CNC(=O)Cn1nc2ccccn2c1=O)C(=O)O. The molecule has 0 aliphatic carbocycles. The molecule has 1 amide bonds. The van der Waals surface area contributed by atoms with Crippen molar-refractivity contribution in [3.05, 3.63) is 34.9 Å². The average Bonchev–Trinajstić information content (AvgIpc) is 2.80. The Hall–Kier alpha value is -2.64. The van der Waals surface area contributed by atoms with Crippen LogP contribution >= 0.6 is 0 Å². The Morgan fingerprint density at radius 3 is 2.70 bits per heavy atom. The molecule has 0 aromatic carbocycles. The highest BCUT2D eigenvalue weighted by Gasteiger charge is 2.20. The van der Waals surface area contributed by atoms with Gasteiger partial charge in [0.15, 0.2) is 5.65 Å². The Labute approximate surface area is 132 Å². The number of pyridine rings is 1. The summed E-state index contributed by atoms with van der Waals surface area (Å²) in [7, 11) is 0. The van der Waals surface area contributed by atoms with Gasteiger partial charge in [-0.1, -0.05) is 19.9 Å². The molecule has 23 heavy (non-hydrogen) atoms. The number of carbonyl (C=O) groups excluding carboxylic acids is 1. The van der Waals surface area contributed by atoms with Crippen molar-refractivity contribution < 1.29 is 14.7 Å². The summed E-state index contributed by atoms with van der Waals surface area (Å²) in [4.78, 5) is 35.1. The first-order valence-corrected chi connectivity index (χ1v) is 7.42. The van der Waals surface area contributed by atoms with Crippen molar-refractivity contribution in [2.75, 3.05) is 6.54 Å². The summed E-state index contributed by atoms with van der Waals surface area (Å²) in [6, 6.07) is 5.11. The Morgan fingerprint density at radius 2 is 2.09 bits per heavy atom. The number of aliphatic carboxylic acids is 1. The molecule has 0 aliphatic heterocycles. The number of carboxylic acids is 1. The van der Waals surface area contributed by atoms with E-state index in [1.54, 1.807) is 24.4 Å². The van der Waals surface area contributed by atoms with Crippen molar-refractivity contribution in [1.82, 2.24) is 19.5 Å². The van der Waals surface area contributed by atoms with E-state index in [2.05, 4.69) is 10.4 Å². The molecular weight excluding hydrogens is 300 g/mol. The number of aromatic nitrogens is 3. The van der Waals surface area contributed by atoms with E-state index in [1.165, 1.54) is 4.40 Å². The van der Waals surface area contributed by atoms with E-state index in [0.29, 0.717) is 12.1 Å². The summed E-state index contributed by atoms with van der Waals surface area (Å²) in [5.41, 5.74) is 0.0428. The lowest BCUT2D eigenvalue weighted by Gasteiger charge is -2.15. The second kappa shape index (κ2) is 7.08. The molecule has 0 radical (unpaired) electrons. The zero-order valence-corrected chi connectivity index (χ0v) is 13.1. The van der Waals surface area contributed by atoms with E-state index >= 15 is 0 Å². The number of hydrogen-bond donors (Lipinski definition) is 2. The molecule has 0 saturated heterocycles. The molecular formula is C15H20N4O4. The molecule has 0 fully saturated rings. The van der Waals surface area contributed by atoms with Gasteiger partial charge in [-0.3, -0.25) is 14.0 Å². The van der Waals surface area contributed by atoms with Crippen LogP contribution in [0.4, 0.5) is 0 Å². The molecule has 2 aromatic heterocycles. The number of hydrogen-bond acceptors (Lipinski definition) is 4. The maximum atomic E-state index is 12.0. The van der Waals surface area contributed by atoms with Crippen LogP contribution in [-0.2, 0) is 16.1 Å². The largest absolute Gasteiger partial charge is 0.481 e. The number of amides is 1. The molecule has 8 heteroatoms. The number of nitrogens with zero attached hydrogens (tertiary/aromatic N) is 3. The lowest BCUT2D eigenvalue weighted by Crippen LogP contribution is -2.37. The summed E-state index contributed by atoms with van der Waals surface area (Å²) in [6.45, 7) is 3.64. The third kappa shape index (κ3) is 4.18. The van der Waals surface area contributed by atoms with E-state index in [-0.39, 0.29) is 19.0 Å². The standard InChI is InChI=1S/C15H20N4O4/c1-10(2)7-11(14(21)22)8-16-13(20)9-19-15(23)18-6-4-3-5-12(18)17-19/h3-6,10-11H,7-9H2,1-2H3,(H,16,20)(H,21,22). The molecule has 1 atom stereocenters. The van der Waals surface area contributed by atoms with Gasteiger partial charge in [-0.2, -0.15) is 0 Å². The van der Waals surface area contributed by atoms with Crippen LogP contribution in [0.5, 0.6) is 0 Å². The lowest BCUT2D eigenvalue weighted by molar-refractivity contribution is -0.142. The molecule has 124 valence electrons. The van der Waals surface area contributed by atoms with Crippen LogP contribution in [0.25, 0.3) is 5.65 Å². The third-order valence-electron chi connectivity index (χ3n) is 3.43. The zero-order chi connectivity index (χ0) is 17.0. The quantitative estimate of drug-likeness (QED) is 0.766. The van der Waals surface area contributed by atoms with Crippen molar-refractivity contribution in [2.45, 2.75) is 26.8 Å². The zero-order valence-electron chi connectivity index (χ0n) is 13.1. The van der Waals surface area contributed by atoms with Crippen LogP contribution in [-0.4, -0.2) is 37.7 Å². The smallest absolute Gasteiger partial charge is 0.350 e. The van der Waals surface area contributed by atoms with Crippen molar-refractivity contribution in [2.24, 2.45) is 11.8 Å². The molecule has 2 aromatic rings. The number of carbonyl (C=O) groups is 2. The highest BCUT2D eigenvalue weighted by atomic mass is 16.4. The average molecular weight is 320 g/mol. The first kappa shape index (κ1) is 16.7. The minimum absolute atomic E-state index is 0.0362. The predicted molar refractivity (Wildman–Crippen MR) is 83.0 cm³/mol. The van der Waals surface area contributed by atoms with Gasteiger partial charge in [0, 0.05) is 12.7 Å². The number of nitrogens with one attached hydrogen (secondary N) is 1. The van der Waals surface area contributed by atoms with Gasteiger partial charge in [0.2, 0.25) is 5.91 Å². The van der Waals surface area contributed by atoms with E-state index < -0.39 is 23.5 Å². The fourth-order valence-electron chi connectivity index (χ4n) is 2.34. The maximum absolute atomic E-state index is 12.0. The second-order valence-corrected chi connectivity index (χ2v) is 5.84. The normalized spacial score (nSPS) is 12.5. The fraction of sp³-hybridized carbons (Fsp3) is 0.467. The highest BCUT2D eigenvalue weighted by Crippen LogP contribution is 2.11. The molecule has 0 bridgehead atoms. The monoisotopic (exact) mass is 320 g/mol. The van der Waals surface area contributed by atoms with Gasteiger partial charge in [-0.25, -0.2) is 9.48 Å². The van der Waals surface area contributed by atoms with Gasteiger partial charge >= 0.3 is 11.7 Å². The van der Waals surface area contributed by atoms with Crippen LogP contribution in [0, 0.1) is 11.8 Å². The van der Waals surface area contributed by atoms with Gasteiger partial charge in [-0.15, -0.1) is 5.10 Å². The van der Waals surface area contributed by atoms with Crippen LogP contribution in [0.3, 0.4) is 0 Å². The number of fused-ring (bicyclic) bond motifs is 1. The fourth-order valence-corrected chi connectivity index (χ4v) is 2.34. The van der Waals surface area contributed by atoms with Crippen LogP contribution in [0.1, 0.15) is 20.3 Å². The second-order valence-electron chi connectivity index (χ2n) is 5.84. The van der Waals surface area contributed by atoms with Crippen LogP contribution in [0.2, 0.25) is 0 Å². The Balaban J connectivity index is 1.99. The molecule has 2 N–H and O–H groups in total. The lowest BCUT2D eigenvalue weighted by atomic mass is 9.97. The summed E-state index contributed by atoms with van der Waals surface area (Å²) >= 11 is 0. The molecule has 0 aliphatic rings. The number of rotatable bonds is 7.